The summed E-state index contributed by atoms with van der Waals surface area (Å²) in [7, 11) is 0. The van der Waals surface area contributed by atoms with Crippen LogP contribution in [0.5, 0.6) is 0 Å². The van der Waals surface area contributed by atoms with Crippen LogP contribution in [0.4, 0.5) is 22.7 Å². The fourth-order valence-electron chi connectivity index (χ4n) is 4.73. The van der Waals surface area contributed by atoms with Crippen molar-refractivity contribution in [2.75, 3.05) is 10.6 Å². The van der Waals surface area contributed by atoms with Crippen LogP contribution >= 0.6 is 23.2 Å². The van der Waals surface area contributed by atoms with Crippen molar-refractivity contribution in [1.29, 1.82) is 0 Å². The highest BCUT2D eigenvalue weighted by Gasteiger charge is 2.25. The van der Waals surface area contributed by atoms with Crippen molar-refractivity contribution in [1.82, 2.24) is 0 Å². The zero-order valence-electron chi connectivity index (χ0n) is 27.3. The third-order valence-electron chi connectivity index (χ3n) is 7.33. The Morgan fingerprint density at radius 2 is 1.02 bits per heavy atom. The van der Waals surface area contributed by atoms with Crippen molar-refractivity contribution >= 4 is 69.3 Å². The van der Waals surface area contributed by atoms with Gasteiger partial charge in [-0.2, -0.15) is 20.5 Å². The van der Waals surface area contributed by atoms with Crippen LogP contribution in [-0.4, -0.2) is 35.5 Å². The molecule has 10 nitrogen and oxygen atoms in total. The number of amides is 2. The van der Waals surface area contributed by atoms with E-state index in [0.717, 1.165) is 27.8 Å². The van der Waals surface area contributed by atoms with E-state index in [2.05, 4.69) is 31.1 Å². The summed E-state index contributed by atoms with van der Waals surface area (Å²) in [4.78, 5) is 50.2. The average molecular weight is 686 g/mol. The molecular weight excluding hydrogens is 651 g/mol. The first-order valence-electron chi connectivity index (χ1n) is 14.9. The maximum Gasteiger partial charge on any atom is 0.258 e. The minimum atomic E-state index is -1.40. The van der Waals surface area contributed by atoms with Crippen molar-refractivity contribution in [3.05, 3.63) is 105 Å². The number of halogens is 2. The monoisotopic (exact) mass is 684 g/mol. The Morgan fingerprint density at radius 3 is 1.44 bits per heavy atom. The lowest BCUT2D eigenvalue weighted by Crippen LogP contribution is -2.32. The van der Waals surface area contributed by atoms with E-state index in [-0.39, 0.29) is 15.7 Å². The Hall–Kier alpha value is -5.06. The van der Waals surface area contributed by atoms with Gasteiger partial charge in [-0.05, 0) is 100 Å². The number of ketones is 2. The summed E-state index contributed by atoms with van der Waals surface area (Å²) in [6.07, 6.45) is 0. The predicted octanol–water partition coefficient (Wildman–Crippen LogP) is 9.25. The molecule has 12 heteroatoms. The second-order valence-corrected chi connectivity index (χ2v) is 12.2. The molecule has 0 fully saturated rings. The molecular formula is C36H34Cl2N6O4. The SMILES string of the molecule is CC(=O)C(N=Nc1ccc(-c2cc(Cl)c(N=NC(C(C)=O)C(=O)Nc3ccc(C)cc3C)c(Cl)c2)cc1)C(=O)Nc1ccc(C)cc1C. The van der Waals surface area contributed by atoms with E-state index in [0.29, 0.717) is 22.6 Å². The fourth-order valence-corrected chi connectivity index (χ4v) is 5.30. The molecule has 4 aromatic rings. The zero-order valence-corrected chi connectivity index (χ0v) is 28.8. The van der Waals surface area contributed by atoms with Crippen LogP contribution in [0.25, 0.3) is 11.1 Å². The van der Waals surface area contributed by atoms with E-state index in [1.807, 2.05) is 52.0 Å². The van der Waals surface area contributed by atoms with Gasteiger partial charge in [0.2, 0.25) is 12.1 Å². The summed E-state index contributed by atoms with van der Waals surface area (Å²) in [6.45, 7) is 10.1. The molecule has 0 aliphatic carbocycles. The number of anilines is 2. The molecule has 246 valence electrons. The standard InChI is InChI=1S/C36H34Cl2N6O4/c1-19-7-13-30(21(3)15-19)39-35(47)32(23(5)45)42-41-27-11-9-25(10-12-27)26-17-28(37)34(29(38)18-26)44-43-33(24(6)46)36(48)40-31-14-8-20(2)16-22(31)4/h7-18,32-33H,1-6H3,(H,39,47)(H,40,48). The second kappa shape index (κ2) is 15.7. The van der Waals surface area contributed by atoms with Crippen molar-refractivity contribution in [3.63, 3.8) is 0 Å². The molecule has 2 atom stereocenters. The Morgan fingerprint density at radius 1 is 0.583 bits per heavy atom. The molecule has 0 aliphatic rings. The maximum absolute atomic E-state index is 12.9. The molecule has 0 radical (unpaired) electrons. The summed E-state index contributed by atoms with van der Waals surface area (Å²) < 4.78 is 0. The minimum Gasteiger partial charge on any atom is -0.324 e. The first kappa shape index (κ1) is 35.8. The van der Waals surface area contributed by atoms with E-state index >= 15 is 0 Å². The molecule has 0 saturated heterocycles. The molecule has 0 spiro atoms. The number of aryl methyl sites for hydroxylation is 4. The number of benzene rings is 4. The normalized spacial score (nSPS) is 12.6. The zero-order chi connectivity index (χ0) is 35.1. The van der Waals surface area contributed by atoms with Crippen LogP contribution in [0.2, 0.25) is 10.0 Å². The third kappa shape index (κ3) is 9.05. The van der Waals surface area contributed by atoms with E-state index in [4.69, 9.17) is 23.2 Å². The van der Waals surface area contributed by atoms with Gasteiger partial charge in [-0.15, -0.1) is 0 Å². The molecule has 0 bridgehead atoms. The van der Waals surface area contributed by atoms with Crippen LogP contribution in [-0.2, 0) is 19.2 Å². The van der Waals surface area contributed by atoms with Crippen LogP contribution in [0.1, 0.15) is 36.1 Å². The highest BCUT2D eigenvalue weighted by molar-refractivity contribution is 6.39. The number of Topliss-reactive ketones (excluding diaryl/α,β-unsaturated/α-hetero) is 2. The molecule has 4 rings (SSSR count). The number of carbonyl (C=O) groups excluding carboxylic acids is 4. The first-order valence-corrected chi connectivity index (χ1v) is 15.7. The third-order valence-corrected chi connectivity index (χ3v) is 7.90. The summed E-state index contributed by atoms with van der Waals surface area (Å²) in [5.41, 5.74) is 6.86. The molecule has 0 aromatic heterocycles. The Balaban J connectivity index is 1.47. The topological polar surface area (TPSA) is 142 Å². The number of hydrogen-bond acceptors (Lipinski definition) is 8. The highest BCUT2D eigenvalue weighted by atomic mass is 35.5. The molecule has 0 aliphatic heterocycles. The van der Waals surface area contributed by atoms with Gasteiger partial charge in [0, 0.05) is 11.4 Å². The van der Waals surface area contributed by atoms with Gasteiger partial charge in [-0.3, -0.25) is 19.2 Å². The smallest absolute Gasteiger partial charge is 0.258 e. The molecule has 2 amide bonds. The number of hydrogen-bond donors (Lipinski definition) is 2. The highest BCUT2D eigenvalue weighted by Crippen LogP contribution is 2.38. The van der Waals surface area contributed by atoms with Gasteiger partial charge < -0.3 is 10.6 Å². The summed E-state index contributed by atoms with van der Waals surface area (Å²) >= 11 is 13.0. The van der Waals surface area contributed by atoms with Crippen molar-refractivity contribution in [2.45, 2.75) is 53.6 Å². The lowest BCUT2D eigenvalue weighted by atomic mass is 10.0. The van der Waals surface area contributed by atoms with Crippen LogP contribution in [0.3, 0.4) is 0 Å². The second-order valence-electron chi connectivity index (χ2n) is 11.4. The molecule has 4 aromatic carbocycles. The number of azo groups is 2. The minimum absolute atomic E-state index is 0.104. The van der Waals surface area contributed by atoms with Gasteiger partial charge in [-0.1, -0.05) is 70.7 Å². The summed E-state index contributed by atoms with van der Waals surface area (Å²) in [6, 6.07) is 18.5. The molecule has 0 heterocycles. The molecule has 2 unspecified atom stereocenters. The van der Waals surface area contributed by atoms with Crippen LogP contribution in [0, 0.1) is 27.7 Å². The Labute approximate surface area is 288 Å². The lowest BCUT2D eigenvalue weighted by molar-refractivity contribution is -0.127. The molecule has 2 N–H and O–H groups in total. The Kier molecular flexibility index (Phi) is 11.7. The van der Waals surface area contributed by atoms with Crippen molar-refractivity contribution < 1.29 is 19.2 Å². The number of nitrogens with zero attached hydrogens (tertiary/aromatic N) is 4. The maximum atomic E-state index is 12.9. The van der Waals surface area contributed by atoms with E-state index in [9.17, 15) is 19.2 Å². The predicted molar refractivity (Wildman–Crippen MR) is 189 cm³/mol. The largest absolute Gasteiger partial charge is 0.324 e. The van der Waals surface area contributed by atoms with Gasteiger partial charge in [-0.25, -0.2) is 0 Å². The van der Waals surface area contributed by atoms with Gasteiger partial charge in [0.15, 0.2) is 11.6 Å². The number of carbonyl (C=O) groups is 4. The average Bonchev–Trinajstić information content (AvgIpc) is 3.01. The fraction of sp³-hybridized carbons (Fsp3) is 0.222. The van der Waals surface area contributed by atoms with Crippen LogP contribution < -0.4 is 10.6 Å². The van der Waals surface area contributed by atoms with E-state index in [1.54, 1.807) is 48.5 Å². The summed E-state index contributed by atoms with van der Waals surface area (Å²) in [5, 5.41) is 22.0. The van der Waals surface area contributed by atoms with E-state index < -0.39 is 35.5 Å². The van der Waals surface area contributed by atoms with Gasteiger partial charge in [0.05, 0.1) is 15.7 Å². The summed E-state index contributed by atoms with van der Waals surface area (Å²) in [5.74, 6) is -2.15. The van der Waals surface area contributed by atoms with E-state index in [1.165, 1.54) is 13.8 Å². The van der Waals surface area contributed by atoms with Crippen LogP contribution in [0.15, 0.2) is 93.3 Å². The van der Waals surface area contributed by atoms with Gasteiger partial charge in [0.25, 0.3) is 11.8 Å². The first-order chi connectivity index (χ1) is 22.7. The lowest BCUT2D eigenvalue weighted by Gasteiger charge is -2.12. The van der Waals surface area contributed by atoms with Crippen molar-refractivity contribution in [3.8, 4) is 11.1 Å². The number of rotatable bonds is 11. The molecule has 0 saturated carbocycles. The van der Waals surface area contributed by atoms with Gasteiger partial charge >= 0.3 is 0 Å². The number of nitrogens with one attached hydrogen (secondary N) is 2. The van der Waals surface area contributed by atoms with Crippen molar-refractivity contribution in [2.24, 2.45) is 20.5 Å². The molecule has 48 heavy (non-hydrogen) atoms. The quantitative estimate of drug-likeness (QED) is 0.120. The van der Waals surface area contributed by atoms with Gasteiger partial charge in [0.1, 0.15) is 5.69 Å². The Bertz CT molecular complexity index is 1930.